The monoisotopic (exact) mass is 231 g/mol. The number of aromatic nitrogens is 1. The molecule has 0 spiro atoms. The minimum absolute atomic E-state index is 0.333. The fraction of sp³-hybridized carbons (Fsp3) is 0.357. The van der Waals surface area contributed by atoms with Gasteiger partial charge in [-0.3, -0.25) is 0 Å². The Labute approximate surface area is 101 Å². The van der Waals surface area contributed by atoms with Gasteiger partial charge in [0.15, 0.2) is 0 Å². The van der Waals surface area contributed by atoms with Gasteiger partial charge >= 0.3 is 5.97 Å². The van der Waals surface area contributed by atoms with E-state index in [1.165, 1.54) is 5.56 Å². The van der Waals surface area contributed by atoms with Crippen molar-refractivity contribution in [1.29, 1.82) is 0 Å². The quantitative estimate of drug-likeness (QED) is 0.879. The van der Waals surface area contributed by atoms with Gasteiger partial charge in [0.2, 0.25) is 0 Å². The van der Waals surface area contributed by atoms with Crippen molar-refractivity contribution >= 4 is 11.5 Å². The Bertz CT molecular complexity index is 554. The standard InChI is InChI=1S/C14H17NO2/c1-9(2)10(3)12-7-13-6-11(14(16)17)4-5-15(13)8-12/h4-10H,1-3H3,(H,16,17). The Morgan fingerprint density at radius 2 is 2.00 bits per heavy atom. The lowest BCUT2D eigenvalue weighted by Crippen LogP contribution is -2.00. The summed E-state index contributed by atoms with van der Waals surface area (Å²) in [5.41, 5.74) is 2.52. The van der Waals surface area contributed by atoms with E-state index in [2.05, 4.69) is 33.0 Å². The summed E-state index contributed by atoms with van der Waals surface area (Å²) in [6, 6.07) is 5.40. The molecule has 2 aromatic rings. The molecule has 0 bridgehead atoms. The van der Waals surface area contributed by atoms with Gasteiger partial charge in [-0.2, -0.15) is 0 Å². The summed E-state index contributed by atoms with van der Waals surface area (Å²) >= 11 is 0. The molecule has 3 heteroatoms. The van der Waals surface area contributed by atoms with Crippen molar-refractivity contribution in [3.05, 3.63) is 41.7 Å². The van der Waals surface area contributed by atoms with Crippen LogP contribution in [0.1, 0.15) is 42.6 Å². The average Bonchev–Trinajstić information content (AvgIpc) is 2.69. The zero-order valence-electron chi connectivity index (χ0n) is 10.3. The minimum Gasteiger partial charge on any atom is -0.478 e. The maximum atomic E-state index is 10.9. The number of rotatable bonds is 3. The van der Waals surface area contributed by atoms with Gasteiger partial charge in [-0.15, -0.1) is 0 Å². The van der Waals surface area contributed by atoms with Crippen molar-refractivity contribution in [1.82, 2.24) is 4.40 Å². The van der Waals surface area contributed by atoms with E-state index in [4.69, 9.17) is 5.11 Å². The van der Waals surface area contributed by atoms with Crippen LogP contribution in [0.3, 0.4) is 0 Å². The number of carboxylic acid groups (broad SMARTS) is 1. The van der Waals surface area contributed by atoms with Crippen molar-refractivity contribution in [2.45, 2.75) is 26.7 Å². The fourth-order valence-electron chi connectivity index (χ4n) is 1.90. The first-order valence-corrected chi connectivity index (χ1v) is 5.84. The van der Waals surface area contributed by atoms with Gasteiger partial charge in [0.1, 0.15) is 0 Å². The predicted octanol–water partition coefficient (Wildman–Crippen LogP) is 3.40. The molecule has 0 amide bonds. The largest absolute Gasteiger partial charge is 0.478 e. The molecular formula is C14H17NO2. The molecule has 17 heavy (non-hydrogen) atoms. The smallest absolute Gasteiger partial charge is 0.335 e. The first-order valence-electron chi connectivity index (χ1n) is 5.84. The van der Waals surface area contributed by atoms with E-state index in [1.807, 2.05) is 4.40 Å². The molecule has 0 aliphatic carbocycles. The van der Waals surface area contributed by atoms with Crippen molar-refractivity contribution in [2.75, 3.05) is 0 Å². The van der Waals surface area contributed by atoms with E-state index in [0.29, 0.717) is 17.4 Å². The Balaban J connectivity index is 2.47. The summed E-state index contributed by atoms with van der Waals surface area (Å²) < 4.78 is 1.97. The third kappa shape index (κ3) is 2.18. The molecule has 0 aliphatic rings. The SMILES string of the molecule is CC(C)C(C)c1cc2cc(C(=O)O)ccn2c1. The molecule has 2 rings (SSSR count). The molecule has 90 valence electrons. The molecule has 1 N–H and O–H groups in total. The van der Waals surface area contributed by atoms with Crippen LogP contribution in [0.2, 0.25) is 0 Å². The van der Waals surface area contributed by atoms with E-state index in [0.717, 1.165) is 5.52 Å². The van der Waals surface area contributed by atoms with Crippen LogP contribution < -0.4 is 0 Å². The first-order chi connectivity index (χ1) is 7.99. The van der Waals surface area contributed by atoms with E-state index < -0.39 is 5.97 Å². The van der Waals surface area contributed by atoms with Crippen LogP contribution in [0, 0.1) is 5.92 Å². The molecule has 0 aliphatic heterocycles. The Morgan fingerprint density at radius 3 is 2.59 bits per heavy atom. The minimum atomic E-state index is -0.882. The molecular weight excluding hydrogens is 214 g/mol. The van der Waals surface area contributed by atoms with Gasteiger partial charge < -0.3 is 9.51 Å². The van der Waals surface area contributed by atoms with Crippen LogP contribution in [0.25, 0.3) is 5.52 Å². The summed E-state index contributed by atoms with van der Waals surface area (Å²) in [6.45, 7) is 6.57. The summed E-state index contributed by atoms with van der Waals surface area (Å²) in [5.74, 6) is 0.168. The summed E-state index contributed by atoms with van der Waals surface area (Å²) in [7, 11) is 0. The highest BCUT2D eigenvalue weighted by atomic mass is 16.4. The van der Waals surface area contributed by atoms with Crippen LogP contribution in [0.15, 0.2) is 30.6 Å². The van der Waals surface area contributed by atoms with Gasteiger partial charge in [0, 0.05) is 17.9 Å². The highest BCUT2D eigenvalue weighted by Gasteiger charge is 2.12. The van der Waals surface area contributed by atoms with Crippen molar-refractivity contribution in [3.8, 4) is 0 Å². The summed E-state index contributed by atoms with van der Waals surface area (Å²) in [6.07, 6.45) is 3.88. The van der Waals surface area contributed by atoms with Crippen molar-refractivity contribution < 1.29 is 9.90 Å². The number of nitrogens with zero attached hydrogens (tertiary/aromatic N) is 1. The number of pyridine rings is 1. The van der Waals surface area contributed by atoms with Gasteiger partial charge in [-0.25, -0.2) is 4.79 Å². The molecule has 0 radical (unpaired) electrons. The van der Waals surface area contributed by atoms with Gasteiger partial charge in [-0.1, -0.05) is 20.8 Å². The number of hydrogen-bond donors (Lipinski definition) is 1. The maximum absolute atomic E-state index is 10.9. The fourth-order valence-corrected chi connectivity index (χ4v) is 1.90. The first kappa shape index (κ1) is 11.7. The van der Waals surface area contributed by atoms with E-state index in [-0.39, 0.29) is 0 Å². The number of fused-ring (bicyclic) bond motifs is 1. The normalized spacial score (nSPS) is 13.2. The van der Waals surface area contributed by atoms with Gasteiger partial charge in [-0.05, 0) is 35.6 Å². The maximum Gasteiger partial charge on any atom is 0.335 e. The lowest BCUT2D eigenvalue weighted by atomic mass is 9.92. The number of aromatic carboxylic acids is 1. The molecule has 3 nitrogen and oxygen atoms in total. The second-order valence-corrected chi connectivity index (χ2v) is 4.86. The second kappa shape index (κ2) is 4.24. The van der Waals surface area contributed by atoms with Crippen LogP contribution in [0.4, 0.5) is 0 Å². The van der Waals surface area contributed by atoms with Crippen molar-refractivity contribution in [2.24, 2.45) is 5.92 Å². The third-order valence-corrected chi connectivity index (χ3v) is 3.39. The van der Waals surface area contributed by atoms with Crippen LogP contribution in [-0.2, 0) is 0 Å². The Kier molecular flexibility index (Phi) is 2.92. The number of carboxylic acids is 1. The zero-order chi connectivity index (χ0) is 12.6. The average molecular weight is 231 g/mol. The summed E-state index contributed by atoms with van der Waals surface area (Å²) in [4.78, 5) is 10.9. The lowest BCUT2D eigenvalue weighted by Gasteiger charge is -2.12. The van der Waals surface area contributed by atoms with Crippen LogP contribution in [0.5, 0.6) is 0 Å². The van der Waals surface area contributed by atoms with Crippen LogP contribution >= 0.6 is 0 Å². The summed E-state index contributed by atoms with van der Waals surface area (Å²) in [5, 5.41) is 8.94. The highest BCUT2D eigenvalue weighted by Crippen LogP contribution is 2.26. The van der Waals surface area contributed by atoms with E-state index in [1.54, 1.807) is 18.3 Å². The number of hydrogen-bond acceptors (Lipinski definition) is 1. The number of carbonyl (C=O) groups is 1. The molecule has 0 aromatic carbocycles. The Morgan fingerprint density at radius 1 is 1.29 bits per heavy atom. The third-order valence-electron chi connectivity index (χ3n) is 3.39. The van der Waals surface area contributed by atoms with Crippen LogP contribution in [-0.4, -0.2) is 15.5 Å². The molecule has 2 aromatic heterocycles. The van der Waals surface area contributed by atoms with Gasteiger partial charge in [0.25, 0.3) is 0 Å². The van der Waals surface area contributed by atoms with Crippen molar-refractivity contribution in [3.63, 3.8) is 0 Å². The topological polar surface area (TPSA) is 41.7 Å². The molecule has 0 saturated heterocycles. The highest BCUT2D eigenvalue weighted by molar-refractivity contribution is 5.89. The lowest BCUT2D eigenvalue weighted by molar-refractivity contribution is 0.0697. The molecule has 1 atom stereocenters. The van der Waals surface area contributed by atoms with E-state index >= 15 is 0 Å². The van der Waals surface area contributed by atoms with E-state index in [9.17, 15) is 4.79 Å². The molecule has 1 unspecified atom stereocenters. The van der Waals surface area contributed by atoms with Gasteiger partial charge in [0.05, 0.1) is 5.56 Å². The Hall–Kier alpha value is -1.77. The second-order valence-electron chi connectivity index (χ2n) is 4.86. The molecule has 0 fully saturated rings. The molecule has 0 saturated carbocycles. The molecule has 2 heterocycles. The zero-order valence-corrected chi connectivity index (χ0v) is 10.3. The predicted molar refractivity (Wildman–Crippen MR) is 67.6 cm³/mol.